The molecule has 1 aromatic rings. The predicted octanol–water partition coefficient (Wildman–Crippen LogP) is 1.46. The Labute approximate surface area is 77.9 Å². The second-order valence-corrected chi connectivity index (χ2v) is 2.48. The molecule has 1 N–H and O–H groups in total. The first-order valence-electron chi connectivity index (χ1n) is 4.33. The molecule has 0 saturated carbocycles. The second kappa shape index (κ2) is 5.43. The van der Waals surface area contributed by atoms with Gasteiger partial charge in [0, 0.05) is 6.07 Å². The maximum absolute atomic E-state index is 8.54. The molecule has 72 valence electrons. The van der Waals surface area contributed by atoms with Gasteiger partial charge in [-0.2, -0.15) is 0 Å². The maximum atomic E-state index is 8.54. The standard InChI is InChI=1S/C10H14O3/c1-2-12-9-4-3-5-10(8-9)13-7-6-11/h3-5,8,11H,2,6-7H2,1H3. The summed E-state index contributed by atoms with van der Waals surface area (Å²) >= 11 is 0. The van der Waals surface area contributed by atoms with Gasteiger partial charge in [0.1, 0.15) is 18.1 Å². The van der Waals surface area contributed by atoms with E-state index in [4.69, 9.17) is 14.6 Å². The maximum Gasteiger partial charge on any atom is 0.123 e. The molecule has 0 spiro atoms. The molecule has 0 fully saturated rings. The minimum atomic E-state index is 0.0266. The third-order valence-electron chi connectivity index (χ3n) is 1.48. The largest absolute Gasteiger partial charge is 0.494 e. The number of hydrogen-bond donors (Lipinski definition) is 1. The first kappa shape index (κ1) is 9.86. The van der Waals surface area contributed by atoms with E-state index in [0.717, 1.165) is 11.5 Å². The lowest BCUT2D eigenvalue weighted by Crippen LogP contribution is -2.01. The van der Waals surface area contributed by atoms with E-state index in [2.05, 4.69) is 0 Å². The average molecular weight is 182 g/mol. The fourth-order valence-electron chi connectivity index (χ4n) is 0.984. The normalized spacial score (nSPS) is 9.69. The van der Waals surface area contributed by atoms with E-state index in [1.165, 1.54) is 0 Å². The highest BCUT2D eigenvalue weighted by molar-refractivity contribution is 5.32. The molecule has 3 nitrogen and oxygen atoms in total. The Hall–Kier alpha value is -1.22. The van der Waals surface area contributed by atoms with Crippen molar-refractivity contribution >= 4 is 0 Å². The molecule has 0 aromatic heterocycles. The fraction of sp³-hybridized carbons (Fsp3) is 0.400. The van der Waals surface area contributed by atoms with E-state index in [1.807, 2.05) is 25.1 Å². The van der Waals surface area contributed by atoms with E-state index in [-0.39, 0.29) is 6.61 Å². The van der Waals surface area contributed by atoms with Gasteiger partial charge in [-0.15, -0.1) is 0 Å². The van der Waals surface area contributed by atoms with Crippen LogP contribution in [0.3, 0.4) is 0 Å². The quantitative estimate of drug-likeness (QED) is 0.749. The van der Waals surface area contributed by atoms with Crippen LogP contribution in [0.25, 0.3) is 0 Å². The van der Waals surface area contributed by atoms with Crippen LogP contribution in [0.4, 0.5) is 0 Å². The number of hydrogen-bond acceptors (Lipinski definition) is 3. The Morgan fingerprint density at radius 2 is 1.92 bits per heavy atom. The number of benzene rings is 1. The summed E-state index contributed by atoms with van der Waals surface area (Å²) in [6.07, 6.45) is 0. The van der Waals surface area contributed by atoms with Crippen LogP contribution in [0.15, 0.2) is 24.3 Å². The third-order valence-corrected chi connectivity index (χ3v) is 1.48. The Balaban J connectivity index is 2.56. The first-order chi connectivity index (χ1) is 6.36. The van der Waals surface area contributed by atoms with Gasteiger partial charge in [0.2, 0.25) is 0 Å². The summed E-state index contributed by atoms with van der Waals surface area (Å²) in [4.78, 5) is 0. The topological polar surface area (TPSA) is 38.7 Å². The van der Waals surface area contributed by atoms with Gasteiger partial charge in [0.15, 0.2) is 0 Å². The van der Waals surface area contributed by atoms with Crippen LogP contribution >= 0.6 is 0 Å². The summed E-state index contributed by atoms with van der Waals surface area (Å²) in [7, 11) is 0. The molecular weight excluding hydrogens is 168 g/mol. The van der Waals surface area contributed by atoms with E-state index in [9.17, 15) is 0 Å². The molecule has 0 aliphatic rings. The van der Waals surface area contributed by atoms with Crippen molar-refractivity contribution in [1.82, 2.24) is 0 Å². The molecule has 0 atom stereocenters. The van der Waals surface area contributed by atoms with E-state index < -0.39 is 0 Å². The van der Waals surface area contributed by atoms with Gasteiger partial charge in [-0.1, -0.05) is 6.07 Å². The third kappa shape index (κ3) is 3.34. The smallest absolute Gasteiger partial charge is 0.123 e. The molecule has 3 heteroatoms. The summed E-state index contributed by atoms with van der Waals surface area (Å²) in [6.45, 7) is 2.92. The summed E-state index contributed by atoms with van der Waals surface area (Å²) in [5.74, 6) is 1.51. The highest BCUT2D eigenvalue weighted by Crippen LogP contribution is 2.18. The molecule has 1 rings (SSSR count). The molecule has 0 bridgehead atoms. The molecular formula is C10H14O3. The van der Waals surface area contributed by atoms with Crippen LogP contribution in [0.5, 0.6) is 11.5 Å². The van der Waals surface area contributed by atoms with E-state index in [0.29, 0.717) is 13.2 Å². The van der Waals surface area contributed by atoms with Gasteiger partial charge < -0.3 is 14.6 Å². The van der Waals surface area contributed by atoms with Crippen LogP contribution in [0.1, 0.15) is 6.92 Å². The number of aliphatic hydroxyl groups excluding tert-OH is 1. The molecule has 1 aromatic carbocycles. The lowest BCUT2D eigenvalue weighted by molar-refractivity contribution is 0.200. The number of ether oxygens (including phenoxy) is 2. The van der Waals surface area contributed by atoms with Crippen molar-refractivity contribution in [3.05, 3.63) is 24.3 Å². The molecule has 13 heavy (non-hydrogen) atoms. The van der Waals surface area contributed by atoms with Crippen LogP contribution in [-0.4, -0.2) is 24.9 Å². The van der Waals surface area contributed by atoms with Crippen LogP contribution in [0, 0.1) is 0 Å². The molecule has 0 saturated heterocycles. The van der Waals surface area contributed by atoms with Gasteiger partial charge in [-0.3, -0.25) is 0 Å². The molecule has 0 aliphatic carbocycles. The number of rotatable bonds is 5. The molecule has 0 unspecified atom stereocenters. The zero-order valence-corrected chi connectivity index (χ0v) is 7.69. The zero-order valence-electron chi connectivity index (χ0n) is 7.69. The van der Waals surface area contributed by atoms with Gasteiger partial charge in [0.25, 0.3) is 0 Å². The van der Waals surface area contributed by atoms with Crippen molar-refractivity contribution in [1.29, 1.82) is 0 Å². The first-order valence-corrected chi connectivity index (χ1v) is 4.33. The zero-order chi connectivity index (χ0) is 9.52. The van der Waals surface area contributed by atoms with Crippen LogP contribution in [-0.2, 0) is 0 Å². The lowest BCUT2D eigenvalue weighted by atomic mass is 10.3. The predicted molar refractivity (Wildman–Crippen MR) is 50.2 cm³/mol. The number of aliphatic hydroxyl groups is 1. The minimum Gasteiger partial charge on any atom is -0.494 e. The van der Waals surface area contributed by atoms with Gasteiger partial charge >= 0.3 is 0 Å². The fourth-order valence-corrected chi connectivity index (χ4v) is 0.984. The Morgan fingerprint density at radius 3 is 2.54 bits per heavy atom. The van der Waals surface area contributed by atoms with Crippen molar-refractivity contribution in [2.24, 2.45) is 0 Å². The monoisotopic (exact) mass is 182 g/mol. The second-order valence-electron chi connectivity index (χ2n) is 2.48. The molecule has 0 aliphatic heterocycles. The Morgan fingerprint density at radius 1 is 1.23 bits per heavy atom. The Kier molecular flexibility index (Phi) is 4.12. The van der Waals surface area contributed by atoms with Crippen molar-refractivity contribution in [2.75, 3.05) is 19.8 Å². The average Bonchev–Trinajstić information content (AvgIpc) is 2.16. The summed E-state index contributed by atoms with van der Waals surface area (Å²) in [5, 5.41) is 8.54. The van der Waals surface area contributed by atoms with Crippen molar-refractivity contribution in [2.45, 2.75) is 6.92 Å². The lowest BCUT2D eigenvalue weighted by Gasteiger charge is -2.06. The summed E-state index contributed by atoms with van der Waals surface area (Å²) in [6, 6.07) is 7.37. The van der Waals surface area contributed by atoms with Crippen LogP contribution in [0.2, 0.25) is 0 Å². The highest BCUT2D eigenvalue weighted by Gasteiger charge is 1.95. The minimum absolute atomic E-state index is 0.0266. The van der Waals surface area contributed by atoms with Gasteiger partial charge in [-0.05, 0) is 19.1 Å². The van der Waals surface area contributed by atoms with Crippen LogP contribution < -0.4 is 9.47 Å². The highest BCUT2D eigenvalue weighted by atomic mass is 16.5. The summed E-state index contributed by atoms with van der Waals surface area (Å²) in [5.41, 5.74) is 0. The van der Waals surface area contributed by atoms with Crippen molar-refractivity contribution < 1.29 is 14.6 Å². The Bertz CT molecular complexity index is 248. The SMILES string of the molecule is CCOc1cccc(OCCO)c1. The van der Waals surface area contributed by atoms with E-state index in [1.54, 1.807) is 6.07 Å². The molecule has 0 radical (unpaired) electrons. The molecule has 0 amide bonds. The summed E-state index contributed by atoms with van der Waals surface area (Å²) < 4.78 is 10.5. The van der Waals surface area contributed by atoms with Crippen molar-refractivity contribution in [3.8, 4) is 11.5 Å². The molecule has 0 heterocycles. The van der Waals surface area contributed by atoms with E-state index >= 15 is 0 Å². The van der Waals surface area contributed by atoms with Gasteiger partial charge in [-0.25, -0.2) is 0 Å². The van der Waals surface area contributed by atoms with Crippen molar-refractivity contribution in [3.63, 3.8) is 0 Å². The van der Waals surface area contributed by atoms with Gasteiger partial charge in [0.05, 0.1) is 13.2 Å².